The number of amides is 1. The number of hydrogen-bond donors (Lipinski definition) is 1. The summed E-state index contributed by atoms with van der Waals surface area (Å²) in [6.45, 7) is 1.07. The Morgan fingerprint density at radius 1 is 1.28 bits per heavy atom. The number of ether oxygens (including phenoxy) is 3. The maximum atomic E-state index is 11.6. The van der Waals surface area contributed by atoms with E-state index < -0.39 is 24.5 Å². The molecule has 138 valence electrons. The van der Waals surface area contributed by atoms with Crippen molar-refractivity contribution < 1.29 is 28.9 Å². The van der Waals surface area contributed by atoms with Gasteiger partial charge < -0.3 is 29.4 Å². The van der Waals surface area contributed by atoms with Gasteiger partial charge in [-0.2, -0.15) is 0 Å². The predicted octanol–water partition coefficient (Wildman–Crippen LogP) is 1.35. The Balaban J connectivity index is 1.60. The largest absolute Gasteiger partial charge is 0.547 e. The lowest BCUT2D eigenvalue weighted by molar-refractivity contribution is -0.324. The van der Waals surface area contributed by atoms with Crippen LogP contribution in [-0.2, 0) is 25.6 Å². The zero-order chi connectivity index (χ0) is 17.9. The first-order valence-electron chi connectivity index (χ1n) is 8.57. The smallest absolute Gasteiger partial charge is 0.407 e. The van der Waals surface area contributed by atoms with Gasteiger partial charge in [-0.05, 0) is 37.7 Å². The van der Waals surface area contributed by atoms with Crippen LogP contribution in [0.1, 0.15) is 37.7 Å². The molecular formula is C18H24NO6-. The first-order chi connectivity index (χ1) is 12.1. The van der Waals surface area contributed by atoms with Gasteiger partial charge in [-0.15, -0.1) is 0 Å². The molecule has 0 spiro atoms. The molecule has 0 aliphatic carbocycles. The summed E-state index contributed by atoms with van der Waals surface area (Å²) in [6.07, 6.45) is 1.22. The number of nitrogens with one attached hydrogen (secondary N) is 1. The van der Waals surface area contributed by atoms with E-state index in [1.54, 1.807) is 0 Å². The highest BCUT2D eigenvalue weighted by molar-refractivity contribution is 5.70. The fourth-order valence-electron chi connectivity index (χ4n) is 2.50. The van der Waals surface area contributed by atoms with Crippen LogP contribution in [0.2, 0.25) is 0 Å². The third-order valence-corrected chi connectivity index (χ3v) is 3.84. The van der Waals surface area contributed by atoms with Gasteiger partial charge in [0.05, 0.1) is 5.97 Å². The minimum atomic E-state index is -1.26. The molecule has 7 nitrogen and oxygen atoms in total. The molecule has 7 heteroatoms. The number of carboxylic acid groups (broad SMARTS) is 1. The van der Waals surface area contributed by atoms with Crippen molar-refractivity contribution in [2.24, 2.45) is 0 Å². The van der Waals surface area contributed by atoms with E-state index >= 15 is 0 Å². The molecule has 2 atom stereocenters. The summed E-state index contributed by atoms with van der Waals surface area (Å²) in [5, 5.41) is 13.7. The maximum absolute atomic E-state index is 11.6. The molecule has 2 unspecified atom stereocenters. The average Bonchev–Trinajstić information content (AvgIpc) is 2.64. The van der Waals surface area contributed by atoms with Crippen LogP contribution in [0.3, 0.4) is 0 Å². The van der Waals surface area contributed by atoms with Crippen molar-refractivity contribution in [3.05, 3.63) is 35.9 Å². The maximum Gasteiger partial charge on any atom is 0.407 e. The third kappa shape index (κ3) is 7.53. The van der Waals surface area contributed by atoms with Crippen LogP contribution in [0.15, 0.2) is 30.3 Å². The second-order valence-electron chi connectivity index (χ2n) is 5.87. The van der Waals surface area contributed by atoms with Crippen LogP contribution in [0.5, 0.6) is 0 Å². The van der Waals surface area contributed by atoms with Crippen LogP contribution in [0.25, 0.3) is 0 Å². The van der Waals surface area contributed by atoms with E-state index in [0.717, 1.165) is 18.4 Å². The molecule has 1 N–H and O–H groups in total. The van der Waals surface area contributed by atoms with E-state index in [4.69, 9.17) is 14.2 Å². The van der Waals surface area contributed by atoms with Crippen molar-refractivity contribution in [2.45, 2.75) is 51.1 Å². The molecule has 0 radical (unpaired) electrons. The molecule has 1 aliphatic heterocycles. The molecule has 1 heterocycles. The van der Waals surface area contributed by atoms with Crippen molar-refractivity contribution in [1.82, 2.24) is 5.32 Å². The molecule has 25 heavy (non-hydrogen) atoms. The van der Waals surface area contributed by atoms with E-state index in [1.807, 2.05) is 30.3 Å². The van der Waals surface area contributed by atoms with Gasteiger partial charge in [0.2, 0.25) is 0 Å². The van der Waals surface area contributed by atoms with Crippen molar-refractivity contribution >= 4 is 12.1 Å². The summed E-state index contributed by atoms with van der Waals surface area (Å²) in [5.74, 6) is -1.26. The normalized spacial score (nSPS) is 18.3. The lowest BCUT2D eigenvalue weighted by Crippen LogP contribution is -2.41. The Labute approximate surface area is 147 Å². The Kier molecular flexibility index (Phi) is 8.21. The number of carboxylic acids is 1. The van der Waals surface area contributed by atoms with Gasteiger partial charge in [-0.3, -0.25) is 0 Å². The zero-order valence-corrected chi connectivity index (χ0v) is 14.1. The van der Waals surface area contributed by atoms with E-state index in [1.165, 1.54) is 0 Å². The lowest BCUT2D eigenvalue weighted by atomic mass is 10.1. The van der Waals surface area contributed by atoms with Crippen LogP contribution >= 0.6 is 0 Å². The van der Waals surface area contributed by atoms with E-state index in [-0.39, 0.29) is 13.0 Å². The van der Waals surface area contributed by atoms with Gasteiger partial charge in [0, 0.05) is 13.2 Å². The molecule has 1 aliphatic rings. The van der Waals surface area contributed by atoms with Gasteiger partial charge in [0.15, 0.2) is 6.29 Å². The van der Waals surface area contributed by atoms with Gasteiger partial charge in [-0.25, -0.2) is 4.79 Å². The Bertz CT molecular complexity index is 530. The molecule has 0 aromatic heterocycles. The van der Waals surface area contributed by atoms with Crippen LogP contribution in [-0.4, -0.2) is 37.6 Å². The zero-order valence-electron chi connectivity index (χ0n) is 14.1. The van der Waals surface area contributed by atoms with Crippen LogP contribution in [0.4, 0.5) is 4.79 Å². The number of aliphatic carboxylic acids is 1. The first kappa shape index (κ1) is 19.2. The van der Waals surface area contributed by atoms with Crippen LogP contribution in [0, 0.1) is 0 Å². The summed E-state index contributed by atoms with van der Waals surface area (Å²) >= 11 is 0. The summed E-state index contributed by atoms with van der Waals surface area (Å²) in [7, 11) is 0. The van der Waals surface area contributed by atoms with Gasteiger partial charge in [0.1, 0.15) is 12.7 Å². The average molecular weight is 350 g/mol. The van der Waals surface area contributed by atoms with Crippen molar-refractivity contribution in [3.63, 3.8) is 0 Å². The highest BCUT2D eigenvalue weighted by Crippen LogP contribution is 2.17. The minimum absolute atomic E-state index is 0.191. The monoisotopic (exact) mass is 350 g/mol. The lowest BCUT2D eigenvalue weighted by Gasteiger charge is -2.28. The second kappa shape index (κ2) is 10.7. The fraction of sp³-hybridized carbons (Fsp3) is 0.556. The molecule has 1 saturated heterocycles. The molecule has 1 fully saturated rings. The van der Waals surface area contributed by atoms with Crippen molar-refractivity contribution in [2.75, 3.05) is 13.2 Å². The molecule has 0 saturated carbocycles. The summed E-state index contributed by atoms with van der Waals surface area (Å²) in [4.78, 5) is 22.8. The number of rotatable bonds is 9. The van der Waals surface area contributed by atoms with Gasteiger partial charge in [-0.1, -0.05) is 30.3 Å². The molecule has 0 bridgehead atoms. The van der Waals surface area contributed by atoms with Gasteiger partial charge >= 0.3 is 6.09 Å². The number of carbonyl (C=O) groups excluding carboxylic acids is 2. The van der Waals surface area contributed by atoms with Gasteiger partial charge in [0.25, 0.3) is 0 Å². The highest BCUT2D eigenvalue weighted by Gasteiger charge is 2.20. The third-order valence-electron chi connectivity index (χ3n) is 3.84. The van der Waals surface area contributed by atoms with E-state index in [0.29, 0.717) is 26.0 Å². The fourth-order valence-corrected chi connectivity index (χ4v) is 2.50. The number of hydrogen-bond acceptors (Lipinski definition) is 6. The molecule has 1 aromatic carbocycles. The standard InChI is InChI=1S/C18H25NO6/c20-17(21)15(25-16-10-4-5-12-23-16)9-6-11-19-18(22)24-13-14-7-2-1-3-8-14/h1-3,7-8,15-16H,4-6,9-13H2,(H,19,22)(H,20,21)/p-1. The number of benzene rings is 1. The number of carbonyl (C=O) groups is 2. The van der Waals surface area contributed by atoms with Crippen molar-refractivity contribution in [1.29, 1.82) is 0 Å². The molecule has 1 aromatic rings. The number of alkyl carbamates (subject to hydrolysis) is 1. The summed E-state index contributed by atoms with van der Waals surface area (Å²) < 4.78 is 15.9. The Morgan fingerprint density at radius 3 is 2.76 bits per heavy atom. The van der Waals surface area contributed by atoms with E-state index in [2.05, 4.69) is 5.32 Å². The summed E-state index contributed by atoms with van der Waals surface area (Å²) in [5.41, 5.74) is 0.899. The molecule has 2 rings (SSSR count). The molecular weight excluding hydrogens is 326 g/mol. The summed E-state index contributed by atoms with van der Waals surface area (Å²) in [6, 6.07) is 9.35. The highest BCUT2D eigenvalue weighted by atomic mass is 16.7. The Hall–Kier alpha value is -2.12. The Morgan fingerprint density at radius 2 is 2.08 bits per heavy atom. The first-order valence-corrected chi connectivity index (χ1v) is 8.57. The van der Waals surface area contributed by atoms with Crippen molar-refractivity contribution in [3.8, 4) is 0 Å². The van der Waals surface area contributed by atoms with Crippen LogP contribution < -0.4 is 10.4 Å². The molecule has 1 amide bonds. The quantitative estimate of drug-likeness (QED) is 0.675. The SMILES string of the molecule is O=C(NCCCC(OC1CCCCO1)C(=O)[O-])OCc1ccccc1. The second-order valence-corrected chi connectivity index (χ2v) is 5.87. The predicted molar refractivity (Wildman–Crippen MR) is 87.3 cm³/mol. The van der Waals surface area contributed by atoms with E-state index in [9.17, 15) is 14.7 Å². The topological polar surface area (TPSA) is 96.9 Å². The minimum Gasteiger partial charge on any atom is -0.547 e.